The maximum absolute atomic E-state index is 12.6. The first kappa shape index (κ1) is 15.9. The lowest BCUT2D eigenvalue weighted by Gasteiger charge is -2.18. The molecule has 0 radical (unpaired) electrons. The molecule has 2 rings (SSSR count). The molecule has 0 spiro atoms. The second-order valence-corrected chi connectivity index (χ2v) is 6.74. The number of benzene rings is 2. The summed E-state index contributed by atoms with van der Waals surface area (Å²) in [5.41, 5.74) is 2.39. The predicted molar refractivity (Wildman–Crippen MR) is 89.9 cm³/mol. The van der Waals surface area contributed by atoms with E-state index in [-0.39, 0.29) is 6.04 Å². The van der Waals surface area contributed by atoms with Gasteiger partial charge in [0.1, 0.15) is 0 Å². The summed E-state index contributed by atoms with van der Waals surface area (Å²) in [5, 5.41) is 3.50. The summed E-state index contributed by atoms with van der Waals surface area (Å²) in [6.07, 6.45) is 1.07. The van der Waals surface area contributed by atoms with E-state index in [1.54, 1.807) is 0 Å². The number of aryl methyl sites for hydroxylation is 1. The molecular weight excluding hydrogens is 278 g/mol. The molecule has 0 aliphatic heterocycles. The van der Waals surface area contributed by atoms with Gasteiger partial charge in [0.2, 0.25) is 0 Å². The molecule has 0 fully saturated rings. The van der Waals surface area contributed by atoms with E-state index in [2.05, 4.69) is 24.4 Å². The zero-order valence-corrected chi connectivity index (χ0v) is 13.5. The van der Waals surface area contributed by atoms with Gasteiger partial charge in [0.25, 0.3) is 0 Å². The SMILES string of the molecule is CCCNC(CS(=O)c1ccc(C)cc1)c1ccccc1. The summed E-state index contributed by atoms with van der Waals surface area (Å²) < 4.78 is 12.6. The molecule has 2 unspecified atom stereocenters. The second kappa shape index (κ2) is 8.11. The summed E-state index contributed by atoms with van der Waals surface area (Å²) in [4.78, 5) is 0.903. The molecule has 2 aromatic rings. The van der Waals surface area contributed by atoms with Crippen LogP contribution >= 0.6 is 0 Å². The normalized spacial score (nSPS) is 13.8. The molecule has 0 saturated carbocycles. The Labute approximate surface area is 130 Å². The van der Waals surface area contributed by atoms with Crippen LogP contribution in [-0.4, -0.2) is 16.5 Å². The average molecular weight is 301 g/mol. The van der Waals surface area contributed by atoms with E-state index in [1.165, 1.54) is 11.1 Å². The van der Waals surface area contributed by atoms with Crippen molar-refractivity contribution in [3.05, 3.63) is 65.7 Å². The highest BCUT2D eigenvalue weighted by Crippen LogP contribution is 2.18. The van der Waals surface area contributed by atoms with Crippen molar-refractivity contribution in [2.75, 3.05) is 12.3 Å². The Balaban J connectivity index is 2.11. The fraction of sp³-hybridized carbons (Fsp3) is 0.333. The van der Waals surface area contributed by atoms with Crippen molar-refractivity contribution in [2.45, 2.75) is 31.2 Å². The van der Waals surface area contributed by atoms with Gasteiger partial charge >= 0.3 is 0 Å². The molecule has 0 amide bonds. The third-order valence-corrected chi connectivity index (χ3v) is 4.88. The molecule has 0 saturated heterocycles. The van der Waals surface area contributed by atoms with E-state index in [9.17, 15) is 4.21 Å². The van der Waals surface area contributed by atoms with Crippen LogP contribution in [0.25, 0.3) is 0 Å². The highest BCUT2D eigenvalue weighted by atomic mass is 32.2. The first-order chi connectivity index (χ1) is 10.2. The molecule has 2 atom stereocenters. The molecule has 0 heterocycles. The van der Waals surface area contributed by atoms with Crippen molar-refractivity contribution in [3.8, 4) is 0 Å². The van der Waals surface area contributed by atoms with Gasteiger partial charge in [-0.25, -0.2) is 0 Å². The van der Waals surface area contributed by atoms with Crippen molar-refractivity contribution in [2.24, 2.45) is 0 Å². The van der Waals surface area contributed by atoms with Gasteiger partial charge in [0.05, 0.1) is 10.8 Å². The minimum absolute atomic E-state index is 0.133. The summed E-state index contributed by atoms with van der Waals surface area (Å²) in [6.45, 7) is 5.12. The highest BCUT2D eigenvalue weighted by Gasteiger charge is 2.15. The van der Waals surface area contributed by atoms with Gasteiger partial charge in [0, 0.05) is 16.7 Å². The first-order valence-electron chi connectivity index (χ1n) is 7.44. The van der Waals surface area contributed by atoms with Gasteiger partial charge in [-0.05, 0) is 37.6 Å². The molecule has 2 nitrogen and oxygen atoms in total. The molecule has 1 N–H and O–H groups in total. The molecular formula is C18H23NOS. The number of hydrogen-bond acceptors (Lipinski definition) is 2. The molecule has 21 heavy (non-hydrogen) atoms. The summed E-state index contributed by atoms with van der Waals surface area (Å²) in [6, 6.07) is 18.4. The fourth-order valence-corrected chi connectivity index (χ4v) is 3.46. The van der Waals surface area contributed by atoms with Crippen LogP contribution in [0.3, 0.4) is 0 Å². The Bertz CT molecular complexity index is 566. The van der Waals surface area contributed by atoms with E-state index in [0.717, 1.165) is 17.9 Å². The van der Waals surface area contributed by atoms with Gasteiger partial charge in [-0.2, -0.15) is 0 Å². The number of rotatable bonds is 7. The molecule has 112 valence electrons. The van der Waals surface area contributed by atoms with Crippen LogP contribution in [-0.2, 0) is 10.8 Å². The topological polar surface area (TPSA) is 29.1 Å². The number of nitrogens with one attached hydrogen (secondary N) is 1. The molecule has 0 aromatic heterocycles. The third kappa shape index (κ3) is 4.80. The minimum Gasteiger partial charge on any atom is -0.309 e. The van der Waals surface area contributed by atoms with E-state index in [4.69, 9.17) is 0 Å². The third-order valence-electron chi connectivity index (χ3n) is 3.44. The standard InChI is InChI=1S/C18H23NOS/c1-3-13-19-18(16-7-5-4-6-8-16)14-21(20)17-11-9-15(2)10-12-17/h4-12,18-19H,3,13-14H2,1-2H3. The Kier molecular flexibility index (Phi) is 6.15. The molecule has 0 bridgehead atoms. The lowest BCUT2D eigenvalue weighted by atomic mass is 10.1. The van der Waals surface area contributed by atoms with Crippen molar-refractivity contribution >= 4 is 10.8 Å². The quantitative estimate of drug-likeness (QED) is 0.842. The lowest BCUT2D eigenvalue weighted by Crippen LogP contribution is -2.27. The van der Waals surface area contributed by atoms with E-state index >= 15 is 0 Å². The highest BCUT2D eigenvalue weighted by molar-refractivity contribution is 7.85. The maximum atomic E-state index is 12.6. The van der Waals surface area contributed by atoms with Crippen LogP contribution < -0.4 is 5.32 Å². The predicted octanol–water partition coefficient (Wildman–Crippen LogP) is 3.84. The van der Waals surface area contributed by atoms with Crippen LogP contribution in [0.15, 0.2) is 59.5 Å². The van der Waals surface area contributed by atoms with Crippen LogP contribution in [0.2, 0.25) is 0 Å². The Morgan fingerprint density at radius 3 is 2.33 bits per heavy atom. The minimum atomic E-state index is -0.988. The van der Waals surface area contributed by atoms with Crippen molar-refractivity contribution < 1.29 is 4.21 Å². The molecule has 3 heteroatoms. The monoisotopic (exact) mass is 301 g/mol. The van der Waals surface area contributed by atoms with Gasteiger partial charge in [-0.1, -0.05) is 55.0 Å². The van der Waals surface area contributed by atoms with Gasteiger partial charge < -0.3 is 5.32 Å². The molecule has 2 aromatic carbocycles. The van der Waals surface area contributed by atoms with Crippen LogP contribution in [0.1, 0.15) is 30.5 Å². The Morgan fingerprint density at radius 1 is 1.05 bits per heavy atom. The summed E-state index contributed by atoms with van der Waals surface area (Å²) >= 11 is 0. The maximum Gasteiger partial charge on any atom is 0.0548 e. The number of hydrogen-bond donors (Lipinski definition) is 1. The lowest BCUT2D eigenvalue weighted by molar-refractivity contribution is 0.569. The van der Waals surface area contributed by atoms with E-state index in [0.29, 0.717) is 5.75 Å². The van der Waals surface area contributed by atoms with Gasteiger partial charge in [-0.15, -0.1) is 0 Å². The first-order valence-corrected chi connectivity index (χ1v) is 8.76. The fourth-order valence-electron chi connectivity index (χ4n) is 2.21. The van der Waals surface area contributed by atoms with Crippen LogP contribution in [0.5, 0.6) is 0 Å². The smallest absolute Gasteiger partial charge is 0.0548 e. The molecule has 0 aliphatic rings. The van der Waals surface area contributed by atoms with E-state index < -0.39 is 10.8 Å². The zero-order chi connectivity index (χ0) is 15.1. The molecule has 0 aliphatic carbocycles. The van der Waals surface area contributed by atoms with E-state index in [1.807, 2.05) is 49.4 Å². The Morgan fingerprint density at radius 2 is 1.71 bits per heavy atom. The van der Waals surface area contributed by atoms with Crippen molar-refractivity contribution in [1.29, 1.82) is 0 Å². The summed E-state index contributed by atoms with van der Waals surface area (Å²) in [5.74, 6) is 0.604. The largest absolute Gasteiger partial charge is 0.309 e. The average Bonchev–Trinajstić information content (AvgIpc) is 2.52. The van der Waals surface area contributed by atoms with Gasteiger partial charge in [-0.3, -0.25) is 4.21 Å². The van der Waals surface area contributed by atoms with Crippen molar-refractivity contribution in [3.63, 3.8) is 0 Å². The van der Waals surface area contributed by atoms with Gasteiger partial charge in [0.15, 0.2) is 0 Å². The van der Waals surface area contributed by atoms with Crippen LogP contribution in [0.4, 0.5) is 0 Å². The zero-order valence-electron chi connectivity index (χ0n) is 12.7. The van der Waals surface area contributed by atoms with Crippen LogP contribution in [0, 0.1) is 6.92 Å². The van der Waals surface area contributed by atoms with Crippen molar-refractivity contribution in [1.82, 2.24) is 5.32 Å². The Hall–Kier alpha value is -1.45. The second-order valence-electron chi connectivity index (χ2n) is 5.24. The summed E-state index contributed by atoms with van der Waals surface area (Å²) in [7, 11) is -0.988.